The van der Waals surface area contributed by atoms with Crippen LogP contribution in [0.15, 0.2) is 30.5 Å². The molecule has 3 aliphatic rings. The van der Waals surface area contributed by atoms with Gasteiger partial charge in [0.1, 0.15) is 5.82 Å². The number of hydrogen-bond donors (Lipinski definition) is 2. The summed E-state index contributed by atoms with van der Waals surface area (Å²) in [7, 11) is 0. The third-order valence-corrected chi connectivity index (χ3v) is 8.59. The van der Waals surface area contributed by atoms with Crippen molar-refractivity contribution in [1.82, 2.24) is 9.88 Å². The van der Waals surface area contributed by atoms with E-state index in [-0.39, 0.29) is 23.9 Å². The molecule has 2 N–H and O–H groups in total. The lowest BCUT2D eigenvalue weighted by Gasteiger charge is -2.37. The number of anilines is 1. The molecule has 2 saturated heterocycles. The summed E-state index contributed by atoms with van der Waals surface area (Å²) in [5, 5.41) is 15.1. The molecule has 2 unspecified atom stereocenters. The number of benzene rings is 1. The molecule has 1 aromatic heterocycles. The van der Waals surface area contributed by atoms with E-state index in [2.05, 4.69) is 37.1 Å². The van der Waals surface area contributed by atoms with E-state index in [1.54, 1.807) is 0 Å². The Hall–Kier alpha value is -2.63. The Morgan fingerprint density at radius 3 is 2.26 bits per heavy atom. The first-order valence-electron chi connectivity index (χ1n) is 12.9. The van der Waals surface area contributed by atoms with Crippen molar-refractivity contribution in [2.24, 2.45) is 17.3 Å². The quantitative estimate of drug-likeness (QED) is 0.606. The molecule has 1 aromatic carbocycles. The molecule has 1 aliphatic carbocycles. The molecule has 3 heterocycles. The highest BCUT2D eigenvalue weighted by Crippen LogP contribution is 2.40. The summed E-state index contributed by atoms with van der Waals surface area (Å²) in [4.78, 5) is 31.5. The number of carbonyl (C=O) groups excluding carboxylic acids is 1. The zero-order chi connectivity index (χ0) is 24.0. The first kappa shape index (κ1) is 23.1. The van der Waals surface area contributed by atoms with Gasteiger partial charge in [-0.2, -0.15) is 0 Å². The Morgan fingerprint density at radius 2 is 1.65 bits per heavy atom. The summed E-state index contributed by atoms with van der Waals surface area (Å²) in [6.07, 6.45) is 9.65. The molecule has 2 aliphatic heterocycles. The molecule has 0 spiro atoms. The fraction of sp³-hybridized carbons (Fsp3) is 0.607. The van der Waals surface area contributed by atoms with E-state index >= 15 is 0 Å². The third kappa shape index (κ3) is 4.51. The van der Waals surface area contributed by atoms with E-state index in [1.165, 1.54) is 12.8 Å². The predicted molar refractivity (Wildman–Crippen MR) is 134 cm³/mol. The maximum Gasteiger partial charge on any atom is 0.306 e. The summed E-state index contributed by atoms with van der Waals surface area (Å²) in [6, 6.07) is 8.42. The van der Waals surface area contributed by atoms with Crippen LogP contribution in [0.2, 0.25) is 0 Å². The topological polar surface area (TPSA) is 82.5 Å². The molecule has 6 nitrogen and oxygen atoms in total. The summed E-state index contributed by atoms with van der Waals surface area (Å²) in [5.74, 6) is 0.633. The van der Waals surface area contributed by atoms with E-state index in [0.29, 0.717) is 29.9 Å². The van der Waals surface area contributed by atoms with Gasteiger partial charge in [0, 0.05) is 35.3 Å². The standard InChI is InChI=1S/C28H37N3O3/c1-28(2,3)21-6-8-22(9-7-21)30-25-15-19-12-17(4-5-18(19)16-29-25)26(32)31-23-10-11-24(31)14-20(13-23)27(33)34/h4-5,12,15-16,20-24H,6-11,13-14H2,1-3H3,(H,29,30)(H,33,34). The van der Waals surface area contributed by atoms with Gasteiger partial charge < -0.3 is 15.3 Å². The Labute approximate surface area is 202 Å². The number of nitrogens with one attached hydrogen (secondary N) is 1. The minimum atomic E-state index is -0.728. The Morgan fingerprint density at radius 1 is 0.971 bits per heavy atom. The monoisotopic (exact) mass is 463 g/mol. The normalized spacial score (nSPS) is 29.3. The molecular weight excluding hydrogens is 426 g/mol. The molecule has 5 rings (SSSR count). The number of fused-ring (bicyclic) bond motifs is 3. The van der Waals surface area contributed by atoms with Crippen LogP contribution in [-0.4, -0.2) is 45.0 Å². The molecule has 1 amide bonds. The average Bonchev–Trinajstić information content (AvgIpc) is 3.06. The van der Waals surface area contributed by atoms with Crippen LogP contribution < -0.4 is 5.32 Å². The number of carboxylic acid groups (broad SMARTS) is 1. The van der Waals surface area contributed by atoms with Crippen LogP contribution in [-0.2, 0) is 4.79 Å². The molecule has 3 fully saturated rings. The van der Waals surface area contributed by atoms with Crippen LogP contribution in [0.1, 0.15) is 82.5 Å². The Balaban J connectivity index is 1.29. The predicted octanol–water partition coefficient (Wildman–Crippen LogP) is 5.72. The van der Waals surface area contributed by atoms with E-state index in [0.717, 1.165) is 48.2 Å². The van der Waals surface area contributed by atoms with Crippen LogP contribution in [0.3, 0.4) is 0 Å². The van der Waals surface area contributed by atoms with Gasteiger partial charge in [0.2, 0.25) is 0 Å². The number of aliphatic carboxylic acids is 1. The minimum absolute atomic E-state index is 0.0325. The number of rotatable bonds is 4. The SMILES string of the molecule is CC(C)(C)C1CCC(Nc2cc3cc(C(=O)N4C5CCC4CC(C(=O)O)C5)ccc3cn2)CC1. The molecule has 2 bridgehead atoms. The first-order chi connectivity index (χ1) is 16.2. The number of hydrogen-bond acceptors (Lipinski definition) is 4. The highest BCUT2D eigenvalue weighted by Gasteiger charge is 2.45. The van der Waals surface area contributed by atoms with Crippen molar-refractivity contribution in [3.63, 3.8) is 0 Å². The second kappa shape index (κ2) is 8.86. The van der Waals surface area contributed by atoms with Gasteiger partial charge in [0.25, 0.3) is 5.91 Å². The van der Waals surface area contributed by atoms with Gasteiger partial charge in [0.15, 0.2) is 0 Å². The van der Waals surface area contributed by atoms with Gasteiger partial charge in [-0.1, -0.05) is 26.8 Å². The van der Waals surface area contributed by atoms with Crippen LogP contribution in [0, 0.1) is 17.3 Å². The maximum atomic E-state index is 13.4. The van der Waals surface area contributed by atoms with Crippen LogP contribution in [0.25, 0.3) is 10.8 Å². The van der Waals surface area contributed by atoms with E-state index in [1.807, 2.05) is 29.3 Å². The molecule has 34 heavy (non-hydrogen) atoms. The molecular formula is C28H37N3O3. The number of piperidine rings is 1. The zero-order valence-electron chi connectivity index (χ0n) is 20.6. The third-order valence-electron chi connectivity index (χ3n) is 8.59. The maximum absolute atomic E-state index is 13.4. The smallest absolute Gasteiger partial charge is 0.306 e. The fourth-order valence-electron chi connectivity index (χ4n) is 6.53. The second-order valence-corrected chi connectivity index (χ2v) is 11.8. The van der Waals surface area contributed by atoms with Gasteiger partial charge in [-0.05, 0) is 86.3 Å². The largest absolute Gasteiger partial charge is 0.481 e. The zero-order valence-corrected chi connectivity index (χ0v) is 20.6. The highest BCUT2D eigenvalue weighted by molar-refractivity contribution is 5.99. The van der Waals surface area contributed by atoms with Crippen molar-refractivity contribution in [2.45, 2.75) is 90.3 Å². The van der Waals surface area contributed by atoms with Crippen molar-refractivity contribution in [1.29, 1.82) is 0 Å². The Kier molecular flexibility index (Phi) is 6.03. The number of pyridine rings is 1. The van der Waals surface area contributed by atoms with Crippen molar-refractivity contribution < 1.29 is 14.7 Å². The molecule has 6 heteroatoms. The van der Waals surface area contributed by atoms with Crippen LogP contribution in [0.4, 0.5) is 5.82 Å². The van der Waals surface area contributed by atoms with Crippen LogP contribution in [0.5, 0.6) is 0 Å². The second-order valence-electron chi connectivity index (χ2n) is 11.8. The summed E-state index contributed by atoms with van der Waals surface area (Å²) >= 11 is 0. The molecule has 2 aromatic rings. The van der Waals surface area contributed by atoms with E-state index in [9.17, 15) is 14.7 Å². The number of aromatic nitrogens is 1. The first-order valence-corrected chi connectivity index (χ1v) is 12.9. The fourth-order valence-corrected chi connectivity index (χ4v) is 6.53. The molecule has 1 saturated carbocycles. The summed E-state index contributed by atoms with van der Waals surface area (Å²) in [6.45, 7) is 7.03. The Bertz CT molecular complexity index is 1070. The summed E-state index contributed by atoms with van der Waals surface area (Å²) in [5.41, 5.74) is 1.05. The molecule has 2 atom stereocenters. The number of amides is 1. The van der Waals surface area contributed by atoms with E-state index < -0.39 is 5.97 Å². The average molecular weight is 464 g/mol. The van der Waals surface area contributed by atoms with Crippen molar-refractivity contribution in [3.05, 3.63) is 36.0 Å². The number of carboxylic acids is 1. The van der Waals surface area contributed by atoms with Crippen molar-refractivity contribution in [2.75, 3.05) is 5.32 Å². The lowest BCUT2D eigenvalue weighted by molar-refractivity contribution is -0.144. The van der Waals surface area contributed by atoms with Crippen molar-refractivity contribution in [3.8, 4) is 0 Å². The van der Waals surface area contributed by atoms with Gasteiger partial charge in [0.05, 0.1) is 5.92 Å². The van der Waals surface area contributed by atoms with Gasteiger partial charge in [-0.25, -0.2) is 4.98 Å². The van der Waals surface area contributed by atoms with Gasteiger partial charge in [-0.3, -0.25) is 9.59 Å². The minimum Gasteiger partial charge on any atom is -0.481 e. The molecule has 182 valence electrons. The highest BCUT2D eigenvalue weighted by atomic mass is 16.4. The molecule has 0 radical (unpaired) electrons. The van der Waals surface area contributed by atoms with E-state index in [4.69, 9.17) is 0 Å². The van der Waals surface area contributed by atoms with Crippen LogP contribution >= 0.6 is 0 Å². The number of carbonyl (C=O) groups is 2. The summed E-state index contributed by atoms with van der Waals surface area (Å²) < 4.78 is 0. The van der Waals surface area contributed by atoms with Crippen molar-refractivity contribution >= 4 is 28.5 Å². The lowest BCUT2D eigenvalue weighted by Crippen LogP contribution is -2.47. The number of nitrogens with zero attached hydrogens (tertiary/aromatic N) is 2. The lowest BCUT2D eigenvalue weighted by atomic mass is 9.71. The van der Waals surface area contributed by atoms with Gasteiger partial charge >= 0.3 is 5.97 Å². The van der Waals surface area contributed by atoms with Gasteiger partial charge in [-0.15, -0.1) is 0 Å².